The van der Waals surface area contributed by atoms with Crippen molar-refractivity contribution in [2.75, 3.05) is 4.90 Å². The van der Waals surface area contributed by atoms with Gasteiger partial charge >= 0.3 is 0 Å². The third-order valence-corrected chi connectivity index (χ3v) is 9.53. The molecule has 10 aromatic rings. The van der Waals surface area contributed by atoms with E-state index in [1.54, 1.807) is 0 Å². The normalized spacial score (nSPS) is 11.8. The van der Waals surface area contributed by atoms with E-state index in [1.807, 2.05) is 0 Å². The Morgan fingerprint density at radius 2 is 1.02 bits per heavy atom. The van der Waals surface area contributed by atoms with Gasteiger partial charge in [0.25, 0.3) is 0 Å². The summed E-state index contributed by atoms with van der Waals surface area (Å²) >= 11 is 0. The van der Waals surface area contributed by atoms with E-state index in [1.165, 1.54) is 38.0 Å². The van der Waals surface area contributed by atoms with Crippen molar-refractivity contribution in [2.24, 2.45) is 0 Å². The Balaban J connectivity index is 1.25. The van der Waals surface area contributed by atoms with Gasteiger partial charge in [0.1, 0.15) is 11.2 Å². The summed E-state index contributed by atoms with van der Waals surface area (Å²) in [5.41, 5.74) is 8.64. The van der Waals surface area contributed by atoms with Gasteiger partial charge in [0.15, 0.2) is 0 Å². The van der Waals surface area contributed by atoms with E-state index in [9.17, 15) is 0 Å². The molecule has 3 nitrogen and oxygen atoms in total. The molecular formula is C44H28N2O. The molecule has 0 N–H and O–H groups in total. The number of nitrogens with zero attached hydrogens (tertiary/aromatic N) is 2. The molecule has 0 spiro atoms. The van der Waals surface area contributed by atoms with Crippen molar-refractivity contribution < 1.29 is 4.42 Å². The van der Waals surface area contributed by atoms with Crippen LogP contribution in [0.4, 0.5) is 17.1 Å². The molecule has 47 heavy (non-hydrogen) atoms. The van der Waals surface area contributed by atoms with Crippen LogP contribution in [0.25, 0.3) is 71.0 Å². The predicted molar refractivity (Wildman–Crippen MR) is 198 cm³/mol. The van der Waals surface area contributed by atoms with Gasteiger partial charge in [-0.15, -0.1) is 0 Å². The Morgan fingerprint density at radius 3 is 1.83 bits per heavy atom. The lowest BCUT2D eigenvalue weighted by atomic mass is 10.0. The zero-order chi connectivity index (χ0) is 30.9. The van der Waals surface area contributed by atoms with Crippen LogP contribution in [0, 0.1) is 0 Å². The highest BCUT2D eigenvalue weighted by molar-refractivity contribution is 6.22. The summed E-state index contributed by atoms with van der Waals surface area (Å²) in [4.78, 5) is 2.36. The molecule has 0 aliphatic heterocycles. The summed E-state index contributed by atoms with van der Waals surface area (Å²) < 4.78 is 8.87. The molecule has 0 saturated carbocycles. The van der Waals surface area contributed by atoms with Crippen LogP contribution in [0.2, 0.25) is 0 Å². The first-order valence-electron chi connectivity index (χ1n) is 16.0. The van der Waals surface area contributed by atoms with E-state index in [0.717, 1.165) is 50.1 Å². The number of rotatable bonds is 4. The van der Waals surface area contributed by atoms with E-state index in [2.05, 4.69) is 179 Å². The fraction of sp³-hybridized carbons (Fsp3) is 0. The van der Waals surface area contributed by atoms with Gasteiger partial charge in [-0.1, -0.05) is 97.1 Å². The smallest absolute Gasteiger partial charge is 0.143 e. The molecule has 0 atom stereocenters. The van der Waals surface area contributed by atoms with Gasteiger partial charge in [0.2, 0.25) is 0 Å². The molecule has 2 heterocycles. The fourth-order valence-electron chi connectivity index (χ4n) is 7.43. The van der Waals surface area contributed by atoms with Gasteiger partial charge in [-0.2, -0.15) is 0 Å². The zero-order valence-electron chi connectivity index (χ0n) is 25.5. The highest BCUT2D eigenvalue weighted by Crippen LogP contribution is 2.43. The van der Waals surface area contributed by atoms with Crippen LogP contribution < -0.4 is 4.90 Å². The zero-order valence-corrected chi connectivity index (χ0v) is 25.5. The number of furan rings is 1. The molecule has 220 valence electrons. The molecule has 0 amide bonds. The van der Waals surface area contributed by atoms with Gasteiger partial charge < -0.3 is 13.9 Å². The molecule has 2 aromatic heterocycles. The average molecular weight is 601 g/mol. The molecular weight excluding hydrogens is 572 g/mol. The van der Waals surface area contributed by atoms with Crippen molar-refractivity contribution in [3.8, 4) is 5.69 Å². The molecule has 0 fully saturated rings. The van der Waals surface area contributed by atoms with E-state index in [4.69, 9.17) is 4.42 Å². The van der Waals surface area contributed by atoms with Crippen LogP contribution >= 0.6 is 0 Å². The summed E-state index contributed by atoms with van der Waals surface area (Å²) in [5, 5.41) is 9.53. The third-order valence-electron chi connectivity index (χ3n) is 9.53. The van der Waals surface area contributed by atoms with Crippen molar-refractivity contribution in [2.45, 2.75) is 0 Å². The first kappa shape index (κ1) is 26.0. The maximum absolute atomic E-state index is 6.48. The molecule has 0 bridgehead atoms. The first-order valence-corrected chi connectivity index (χ1v) is 16.0. The highest BCUT2D eigenvalue weighted by atomic mass is 16.3. The number of anilines is 3. The van der Waals surface area contributed by atoms with Crippen LogP contribution in [-0.4, -0.2) is 4.57 Å². The lowest BCUT2D eigenvalue weighted by Gasteiger charge is -2.25. The van der Waals surface area contributed by atoms with E-state index in [0.29, 0.717) is 0 Å². The summed E-state index contributed by atoms with van der Waals surface area (Å²) in [5.74, 6) is 0. The Labute approximate surface area is 271 Å². The fourth-order valence-corrected chi connectivity index (χ4v) is 7.43. The molecule has 0 unspecified atom stereocenters. The average Bonchev–Trinajstić information content (AvgIpc) is 3.68. The minimum absolute atomic E-state index is 0.890. The number of benzene rings is 8. The maximum Gasteiger partial charge on any atom is 0.143 e. The summed E-state index contributed by atoms with van der Waals surface area (Å²) in [7, 11) is 0. The minimum atomic E-state index is 0.890. The Hall–Kier alpha value is -6.32. The lowest BCUT2D eigenvalue weighted by Crippen LogP contribution is -2.09. The molecule has 10 rings (SSSR count). The summed E-state index contributed by atoms with van der Waals surface area (Å²) in [6, 6.07) is 60.8. The molecule has 3 heteroatoms. The van der Waals surface area contributed by atoms with Crippen molar-refractivity contribution in [3.05, 3.63) is 170 Å². The molecule has 0 radical (unpaired) electrons. The minimum Gasteiger partial charge on any atom is -0.455 e. The summed E-state index contributed by atoms with van der Waals surface area (Å²) in [6.45, 7) is 0. The number of para-hydroxylation sites is 2. The van der Waals surface area contributed by atoms with Crippen LogP contribution in [0.3, 0.4) is 0 Å². The van der Waals surface area contributed by atoms with E-state index >= 15 is 0 Å². The standard InChI is InChI=1S/C44H28N2O/c1-3-13-31(14-4-1)45(34-22-26-42-38(27-34)37-23-19-30-12-8-10-18-36(30)44(37)47-42)33-21-25-40-39(28-33)43-35-17-9-7-11-29(35)20-24-41(43)46(40)32-15-5-2-6-16-32/h1-28H. The van der Waals surface area contributed by atoms with Crippen LogP contribution in [0.1, 0.15) is 0 Å². The van der Waals surface area contributed by atoms with Gasteiger partial charge in [-0.25, -0.2) is 0 Å². The van der Waals surface area contributed by atoms with Gasteiger partial charge in [0.05, 0.1) is 11.0 Å². The molecule has 0 aliphatic rings. The number of hydrogen-bond acceptors (Lipinski definition) is 2. The second kappa shape index (κ2) is 10.1. The predicted octanol–water partition coefficient (Wildman–Crippen LogP) is 12.5. The lowest BCUT2D eigenvalue weighted by molar-refractivity contribution is 0.672. The second-order valence-electron chi connectivity index (χ2n) is 12.2. The van der Waals surface area contributed by atoms with Gasteiger partial charge in [0, 0.05) is 49.7 Å². The Bertz CT molecular complexity index is 2790. The van der Waals surface area contributed by atoms with Gasteiger partial charge in [-0.05, 0) is 89.0 Å². The maximum atomic E-state index is 6.48. The first-order chi connectivity index (χ1) is 23.3. The van der Waals surface area contributed by atoms with Crippen molar-refractivity contribution in [3.63, 3.8) is 0 Å². The molecule has 0 saturated heterocycles. The monoisotopic (exact) mass is 600 g/mol. The van der Waals surface area contributed by atoms with E-state index < -0.39 is 0 Å². The van der Waals surface area contributed by atoms with Crippen LogP contribution in [0.5, 0.6) is 0 Å². The summed E-state index contributed by atoms with van der Waals surface area (Å²) in [6.07, 6.45) is 0. The van der Waals surface area contributed by atoms with Crippen molar-refractivity contribution in [1.82, 2.24) is 4.57 Å². The Morgan fingerprint density at radius 1 is 0.404 bits per heavy atom. The third kappa shape index (κ3) is 3.93. The van der Waals surface area contributed by atoms with Crippen LogP contribution in [0.15, 0.2) is 174 Å². The topological polar surface area (TPSA) is 21.3 Å². The molecule has 8 aromatic carbocycles. The highest BCUT2D eigenvalue weighted by Gasteiger charge is 2.20. The number of hydrogen-bond donors (Lipinski definition) is 0. The second-order valence-corrected chi connectivity index (χ2v) is 12.2. The van der Waals surface area contributed by atoms with Crippen molar-refractivity contribution >= 4 is 82.4 Å². The van der Waals surface area contributed by atoms with Crippen molar-refractivity contribution in [1.29, 1.82) is 0 Å². The number of aromatic nitrogens is 1. The van der Waals surface area contributed by atoms with Crippen LogP contribution in [-0.2, 0) is 0 Å². The van der Waals surface area contributed by atoms with Gasteiger partial charge in [-0.3, -0.25) is 0 Å². The number of fused-ring (bicyclic) bond motifs is 10. The SMILES string of the molecule is c1ccc(N(c2ccc3oc4c5ccccc5ccc4c3c2)c2ccc3c(c2)c2c4ccccc4ccc2n3-c2ccccc2)cc1. The Kier molecular flexibility index (Phi) is 5.57. The molecule has 0 aliphatic carbocycles. The largest absolute Gasteiger partial charge is 0.455 e. The van der Waals surface area contributed by atoms with E-state index in [-0.39, 0.29) is 0 Å². The quantitative estimate of drug-likeness (QED) is 0.200.